The van der Waals surface area contributed by atoms with Crippen molar-refractivity contribution in [2.45, 2.75) is 26.2 Å². The van der Waals surface area contributed by atoms with Crippen LogP contribution >= 0.6 is 0 Å². The molecule has 5 heterocycles. The Morgan fingerprint density at radius 2 is 0.930 bits per heavy atom. The molecular weight excluding hydrogens is 707 g/mol. The van der Waals surface area contributed by atoms with Crippen LogP contribution in [0.3, 0.4) is 0 Å². The van der Waals surface area contributed by atoms with Gasteiger partial charge in [-0.05, 0) is 66.1 Å². The summed E-state index contributed by atoms with van der Waals surface area (Å²) in [7, 11) is 4.29. The van der Waals surface area contributed by atoms with Gasteiger partial charge in [-0.25, -0.2) is 9.97 Å². The lowest BCUT2D eigenvalue weighted by atomic mass is 9.85. The number of hydrogen-bond acceptors (Lipinski definition) is 8. The molecule has 8 aromatic rings. The fourth-order valence-corrected chi connectivity index (χ4v) is 8.46. The molecule has 0 fully saturated rings. The van der Waals surface area contributed by atoms with Crippen LogP contribution in [0.15, 0.2) is 146 Å². The zero-order valence-corrected chi connectivity index (χ0v) is 32.7. The minimum Gasteiger partial charge on any atom is -0.439 e. The van der Waals surface area contributed by atoms with Gasteiger partial charge in [0.2, 0.25) is 11.8 Å². The Hall–Kier alpha value is -7.00. The standard InChI is InChI=1S/C48H43N7O2/c1-48(2,3)47-43(56-45-18-10-12-24-49-45)28-34(29-44(47)57-46-19-11-13-25-50-46)55-41-26-32(53-30-51(4)37-14-6-8-16-39(37)53)20-22-35(41)36-23-21-33(27-42(36)55)54-31-52(5)38-15-7-9-17-40(38)54/h6-29H,30-31H2,1-5H3. The molecule has 0 spiro atoms. The molecule has 3 aromatic heterocycles. The third-order valence-electron chi connectivity index (χ3n) is 11.0. The van der Waals surface area contributed by atoms with Crippen LogP contribution in [0, 0.1) is 0 Å². The maximum absolute atomic E-state index is 6.74. The third kappa shape index (κ3) is 5.94. The van der Waals surface area contributed by atoms with Crippen molar-refractivity contribution >= 4 is 55.9 Å². The fraction of sp³-hybridized carbons (Fsp3) is 0.167. The molecule has 57 heavy (non-hydrogen) atoms. The normalized spacial score (nSPS) is 13.8. The van der Waals surface area contributed by atoms with Gasteiger partial charge >= 0.3 is 0 Å². The van der Waals surface area contributed by atoms with Gasteiger partial charge in [0.25, 0.3) is 0 Å². The summed E-state index contributed by atoms with van der Waals surface area (Å²) in [4.78, 5) is 18.5. The Labute approximate surface area is 332 Å². The number of para-hydroxylation sites is 4. The monoisotopic (exact) mass is 749 g/mol. The number of nitrogens with zero attached hydrogens (tertiary/aromatic N) is 7. The number of ether oxygens (including phenoxy) is 2. The van der Waals surface area contributed by atoms with E-state index < -0.39 is 0 Å². The van der Waals surface area contributed by atoms with Crippen molar-refractivity contribution in [3.8, 4) is 28.9 Å². The van der Waals surface area contributed by atoms with Crippen LogP contribution < -0.4 is 29.1 Å². The van der Waals surface area contributed by atoms with Gasteiger partial charge in [-0.15, -0.1) is 0 Å². The van der Waals surface area contributed by atoms with Crippen LogP contribution in [-0.2, 0) is 5.41 Å². The van der Waals surface area contributed by atoms with Crippen molar-refractivity contribution in [3.63, 3.8) is 0 Å². The molecular formula is C48H43N7O2. The maximum atomic E-state index is 6.74. The molecule has 10 rings (SSSR count). The molecule has 0 unspecified atom stereocenters. The van der Waals surface area contributed by atoms with Crippen LogP contribution in [0.5, 0.6) is 23.3 Å². The Balaban J connectivity index is 1.24. The number of hydrogen-bond donors (Lipinski definition) is 0. The molecule has 0 N–H and O–H groups in total. The van der Waals surface area contributed by atoms with E-state index in [1.54, 1.807) is 12.4 Å². The van der Waals surface area contributed by atoms with Gasteiger partial charge in [-0.3, -0.25) is 0 Å². The van der Waals surface area contributed by atoms with Crippen LogP contribution in [0.2, 0.25) is 0 Å². The molecule has 2 aliphatic rings. The fourth-order valence-electron chi connectivity index (χ4n) is 8.46. The predicted molar refractivity (Wildman–Crippen MR) is 232 cm³/mol. The Bertz CT molecular complexity index is 2620. The Kier molecular flexibility index (Phi) is 8.07. The maximum Gasteiger partial charge on any atom is 0.219 e. The number of anilines is 6. The van der Waals surface area contributed by atoms with Crippen molar-refractivity contribution in [3.05, 3.63) is 151 Å². The zero-order valence-electron chi connectivity index (χ0n) is 32.7. The van der Waals surface area contributed by atoms with E-state index in [0.717, 1.165) is 57.8 Å². The number of fused-ring (bicyclic) bond motifs is 5. The van der Waals surface area contributed by atoms with E-state index in [1.165, 1.54) is 22.7 Å². The van der Waals surface area contributed by atoms with E-state index in [0.29, 0.717) is 23.3 Å². The average Bonchev–Trinajstić information content (AvgIpc) is 3.86. The second kappa shape index (κ2) is 13.3. The van der Waals surface area contributed by atoms with Gasteiger partial charge in [0, 0.05) is 78.5 Å². The smallest absolute Gasteiger partial charge is 0.219 e. The highest BCUT2D eigenvalue weighted by atomic mass is 16.5. The molecule has 0 aliphatic carbocycles. The molecule has 0 radical (unpaired) electrons. The molecule has 0 saturated carbocycles. The SMILES string of the molecule is CN1CN(c2ccc3c4ccc(N5CN(C)c6ccccc65)cc4n(-c4cc(Oc5ccccn5)c(C(C)(C)C)c(Oc5ccccn5)c4)c3c2)c2ccccc21. The van der Waals surface area contributed by atoms with E-state index in [1.807, 2.05) is 36.4 Å². The molecule has 0 saturated heterocycles. The van der Waals surface area contributed by atoms with Gasteiger partial charge < -0.3 is 33.6 Å². The highest BCUT2D eigenvalue weighted by molar-refractivity contribution is 6.11. The van der Waals surface area contributed by atoms with Crippen LogP contribution in [-0.4, -0.2) is 42.0 Å². The first-order valence-electron chi connectivity index (χ1n) is 19.3. The lowest BCUT2D eigenvalue weighted by Gasteiger charge is -2.27. The van der Waals surface area contributed by atoms with E-state index >= 15 is 0 Å². The van der Waals surface area contributed by atoms with Gasteiger partial charge in [-0.1, -0.05) is 69.3 Å². The Morgan fingerprint density at radius 3 is 1.35 bits per heavy atom. The Morgan fingerprint density at radius 1 is 0.491 bits per heavy atom. The second-order valence-electron chi connectivity index (χ2n) is 15.9. The minimum absolute atomic E-state index is 0.363. The predicted octanol–water partition coefficient (Wildman–Crippen LogP) is 11.5. The van der Waals surface area contributed by atoms with Gasteiger partial charge in [0.15, 0.2) is 0 Å². The molecule has 0 atom stereocenters. The molecule has 5 aromatic carbocycles. The summed E-state index contributed by atoms with van der Waals surface area (Å²) >= 11 is 0. The highest BCUT2D eigenvalue weighted by Crippen LogP contribution is 2.48. The lowest BCUT2D eigenvalue weighted by Crippen LogP contribution is -2.24. The van der Waals surface area contributed by atoms with Crippen LogP contribution in [0.1, 0.15) is 26.3 Å². The lowest BCUT2D eigenvalue weighted by molar-refractivity contribution is 0.408. The van der Waals surface area contributed by atoms with Crippen LogP contribution in [0.4, 0.5) is 34.1 Å². The van der Waals surface area contributed by atoms with Crippen molar-refractivity contribution in [2.75, 3.05) is 47.0 Å². The van der Waals surface area contributed by atoms with Crippen LogP contribution in [0.25, 0.3) is 27.5 Å². The third-order valence-corrected chi connectivity index (χ3v) is 11.0. The van der Waals surface area contributed by atoms with Gasteiger partial charge in [0.05, 0.1) is 52.8 Å². The summed E-state index contributed by atoms with van der Waals surface area (Å²) in [6, 6.07) is 46.5. The van der Waals surface area contributed by atoms with Crippen molar-refractivity contribution < 1.29 is 9.47 Å². The summed E-state index contributed by atoms with van der Waals surface area (Å²) in [5.41, 5.74) is 10.6. The summed E-state index contributed by atoms with van der Waals surface area (Å²) < 4.78 is 15.8. The molecule has 0 amide bonds. The molecule has 9 heteroatoms. The molecule has 9 nitrogen and oxygen atoms in total. The van der Waals surface area contributed by atoms with Gasteiger partial charge in [-0.2, -0.15) is 0 Å². The first-order valence-corrected chi connectivity index (χ1v) is 19.3. The first kappa shape index (κ1) is 34.5. The second-order valence-corrected chi connectivity index (χ2v) is 15.9. The van der Waals surface area contributed by atoms with E-state index in [-0.39, 0.29) is 5.41 Å². The number of benzene rings is 5. The number of aromatic nitrogens is 3. The summed E-state index contributed by atoms with van der Waals surface area (Å²) in [5.74, 6) is 2.34. The summed E-state index contributed by atoms with van der Waals surface area (Å²) in [6.07, 6.45) is 3.50. The topological polar surface area (TPSA) is 62.1 Å². The first-order chi connectivity index (χ1) is 27.7. The minimum atomic E-state index is -0.363. The quantitative estimate of drug-likeness (QED) is 0.160. The molecule has 2 aliphatic heterocycles. The summed E-state index contributed by atoms with van der Waals surface area (Å²) in [5, 5.41) is 2.30. The number of rotatable bonds is 7. The highest BCUT2D eigenvalue weighted by Gasteiger charge is 2.30. The summed E-state index contributed by atoms with van der Waals surface area (Å²) in [6.45, 7) is 8.03. The zero-order chi connectivity index (χ0) is 38.8. The van der Waals surface area contributed by atoms with Crippen molar-refractivity contribution in [1.82, 2.24) is 14.5 Å². The van der Waals surface area contributed by atoms with Crippen molar-refractivity contribution in [2.24, 2.45) is 0 Å². The van der Waals surface area contributed by atoms with E-state index in [9.17, 15) is 0 Å². The van der Waals surface area contributed by atoms with E-state index in [4.69, 9.17) is 9.47 Å². The molecule has 282 valence electrons. The van der Waals surface area contributed by atoms with Gasteiger partial charge in [0.1, 0.15) is 11.5 Å². The largest absolute Gasteiger partial charge is 0.439 e. The number of pyridine rings is 2. The van der Waals surface area contributed by atoms with Crippen molar-refractivity contribution in [1.29, 1.82) is 0 Å². The average molecular weight is 750 g/mol. The molecule has 0 bridgehead atoms. The van der Waals surface area contributed by atoms with E-state index in [2.05, 4.69) is 166 Å².